The SMILES string of the molecule is CC/C=C\C/C=C\C/C=C\C/C=C\C/C=C\C/C=C\C/C=C\CCCCCC(=O)OC(COC(=O)CCCCCCCCCCCCCCCCCCCCCCCCCCCCC/C=C\CCCCCCCCCC)COP(=O)(O)OCCN. The number of hydrogen-bond acceptors (Lipinski definition) is 8. The number of hydrogen-bond donors (Lipinski definition) is 2. The molecule has 0 aromatic rings. The molecule has 0 aliphatic rings. The molecular weight excluding hydrogens is 1070 g/mol. The fourth-order valence-corrected chi connectivity index (χ4v) is 11.0. The lowest BCUT2D eigenvalue weighted by molar-refractivity contribution is -0.161. The van der Waals surface area contributed by atoms with Crippen LogP contribution in [0.5, 0.6) is 0 Å². The zero-order valence-corrected chi connectivity index (χ0v) is 56.2. The molecule has 0 radical (unpaired) electrons. The van der Waals surface area contributed by atoms with Gasteiger partial charge in [0.15, 0.2) is 6.10 Å². The highest BCUT2D eigenvalue weighted by atomic mass is 31.2. The first-order valence-corrected chi connectivity index (χ1v) is 37.2. The normalized spacial score (nSPS) is 13.5. The zero-order chi connectivity index (χ0) is 61.6. The van der Waals surface area contributed by atoms with Crippen LogP contribution in [-0.4, -0.2) is 49.3 Å². The van der Waals surface area contributed by atoms with Crippen molar-refractivity contribution in [2.75, 3.05) is 26.4 Å². The Bertz CT molecular complexity index is 1720. The van der Waals surface area contributed by atoms with Crippen molar-refractivity contribution in [3.8, 4) is 0 Å². The minimum atomic E-state index is -4.41. The van der Waals surface area contributed by atoms with Gasteiger partial charge in [0.25, 0.3) is 0 Å². The van der Waals surface area contributed by atoms with Crippen molar-refractivity contribution in [3.05, 3.63) is 97.2 Å². The van der Waals surface area contributed by atoms with Crippen LogP contribution in [-0.2, 0) is 32.7 Å². The van der Waals surface area contributed by atoms with Crippen LogP contribution < -0.4 is 5.73 Å². The van der Waals surface area contributed by atoms with E-state index in [-0.39, 0.29) is 38.6 Å². The molecule has 0 aliphatic heterocycles. The van der Waals surface area contributed by atoms with Gasteiger partial charge in [0, 0.05) is 19.4 Å². The van der Waals surface area contributed by atoms with Crippen LogP contribution in [0.1, 0.15) is 335 Å². The van der Waals surface area contributed by atoms with E-state index in [0.717, 1.165) is 83.5 Å². The smallest absolute Gasteiger partial charge is 0.462 e. The van der Waals surface area contributed by atoms with Crippen molar-refractivity contribution >= 4 is 19.8 Å². The van der Waals surface area contributed by atoms with Gasteiger partial charge < -0.3 is 20.1 Å². The van der Waals surface area contributed by atoms with E-state index in [4.69, 9.17) is 24.3 Å². The van der Waals surface area contributed by atoms with Crippen molar-refractivity contribution in [2.45, 2.75) is 341 Å². The van der Waals surface area contributed by atoms with Gasteiger partial charge in [0.2, 0.25) is 0 Å². The average molecular weight is 1210 g/mol. The second kappa shape index (κ2) is 70.0. The van der Waals surface area contributed by atoms with E-state index in [1.165, 1.54) is 218 Å². The molecule has 3 N–H and O–H groups in total. The molecule has 10 heteroatoms. The molecule has 492 valence electrons. The quantitative estimate of drug-likeness (QED) is 0.0264. The number of carbonyl (C=O) groups is 2. The maximum atomic E-state index is 12.7. The highest BCUT2D eigenvalue weighted by molar-refractivity contribution is 7.47. The molecule has 0 aromatic carbocycles. The number of phosphoric ester groups is 1. The molecule has 0 rings (SSSR count). The molecule has 0 heterocycles. The van der Waals surface area contributed by atoms with E-state index in [2.05, 4.69) is 111 Å². The van der Waals surface area contributed by atoms with Crippen molar-refractivity contribution in [1.82, 2.24) is 0 Å². The van der Waals surface area contributed by atoms with E-state index in [1.807, 2.05) is 0 Å². The van der Waals surface area contributed by atoms with Crippen LogP contribution in [0.4, 0.5) is 0 Å². The summed E-state index contributed by atoms with van der Waals surface area (Å²) < 4.78 is 33.1. The summed E-state index contributed by atoms with van der Waals surface area (Å²) in [6.45, 7) is 3.62. The zero-order valence-electron chi connectivity index (χ0n) is 55.3. The summed E-state index contributed by atoms with van der Waals surface area (Å²) in [5.74, 6) is -0.860. The van der Waals surface area contributed by atoms with Crippen LogP contribution in [0.2, 0.25) is 0 Å². The molecule has 85 heavy (non-hydrogen) atoms. The number of carbonyl (C=O) groups excluding carboxylic acids is 2. The number of unbranched alkanes of at least 4 members (excludes halogenated alkanes) is 38. The van der Waals surface area contributed by atoms with Gasteiger partial charge in [-0.15, -0.1) is 0 Å². The van der Waals surface area contributed by atoms with Gasteiger partial charge in [-0.05, 0) is 96.3 Å². The molecule has 2 unspecified atom stereocenters. The van der Waals surface area contributed by atoms with Gasteiger partial charge in [0.05, 0.1) is 13.2 Å². The molecule has 2 atom stereocenters. The molecule has 0 spiro atoms. The van der Waals surface area contributed by atoms with E-state index in [1.54, 1.807) is 0 Å². The minimum Gasteiger partial charge on any atom is -0.462 e. The monoisotopic (exact) mass is 1210 g/mol. The van der Waals surface area contributed by atoms with Crippen molar-refractivity contribution in [2.24, 2.45) is 5.73 Å². The molecule has 0 aromatic heterocycles. The fourth-order valence-electron chi connectivity index (χ4n) is 10.2. The third-order valence-corrected chi connectivity index (χ3v) is 16.4. The van der Waals surface area contributed by atoms with Gasteiger partial charge in [0.1, 0.15) is 6.61 Å². The summed E-state index contributed by atoms with van der Waals surface area (Å²) in [4.78, 5) is 35.3. The number of allylic oxidation sites excluding steroid dienone is 16. The molecule has 0 fully saturated rings. The topological polar surface area (TPSA) is 134 Å². The van der Waals surface area contributed by atoms with Gasteiger partial charge in [-0.2, -0.15) is 0 Å². The Kier molecular flexibility index (Phi) is 67.5. The summed E-state index contributed by atoms with van der Waals surface area (Å²) in [6.07, 6.45) is 95.3. The van der Waals surface area contributed by atoms with Crippen molar-refractivity contribution in [1.29, 1.82) is 0 Å². The van der Waals surface area contributed by atoms with Gasteiger partial charge in [-0.25, -0.2) is 4.57 Å². The van der Waals surface area contributed by atoms with Gasteiger partial charge in [-0.3, -0.25) is 18.6 Å². The van der Waals surface area contributed by atoms with Gasteiger partial charge >= 0.3 is 19.8 Å². The van der Waals surface area contributed by atoms with E-state index in [0.29, 0.717) is 6.42 Å². The summed E-state index contributed by atoms with van der Waals surface area (Å²) in [6, 6.07) is 0. The first-order chi connectivity index (χ1) is 41.8. The maximum absolute atomic E-state index is 12.7. The standard InChI is InChI=1S/C75H134NO8P/c1-3-5-7-9-11-13-15-17-19-21-23-25-27-29-30-31-32-33-34-35-36-37-38-39-40-41-42-44-45-47-49-51-53-55-57-59-61-63-65-67-74(77)81-71-73(72-83-85(79,80)82-70-69-76)84-75(78)68-66-64-62-60-58-56-54-52-50-48-46-43-28-26-24-22-20-18-16-14-12-10-8-6-4-2/h6,8,12,14,18,20-21,23-24,26,43,46,50,52,56,58,73H,3-5,7,9-11,13,15-17,19,22,25,27-42,44-45,47-49,51,53-55,57,59-72,76H2,1-2H3,(H,79,80)/b8-6-,14-12-,20-18-,23-21-,26-24-,46-43-,52-50-,58-56-. The Morgan fingerprint density at radius 2 is 0.647 bits per heavy atom. The lowest BCUT2D eigenvalue weighted by atomic mass is 10.0. The highest BCUT2D eigenvalue weighted by Gasteiger charge is 2.26. The lowest BCUT2D eigenvalue weighted by Crippen LogP contribution is -2.29. The molecule has 0 saturated heterocycles. The molecular formula is C75H134NO8P. The molecule has 0 saturated carbocycles. The number of phosphoric acid groups is 1. The van der Waals surface area contributed by atoms with Crippen LogP contribution in [0.3, 0.4) is 0 Å². The summed E-state index contributed by atoms with van der Waals surface area (Å²) in [5, 5.41) is 0. The first-order valence-electron chi connectivity index (χ1n) is 35.7. The lowest BCUT2D eigenvalue weighted by Gasteiger charge is -2.19. The fraction of sp³-hybridized carbons (Fsp3) is 0.760. The third kappa shape index (κ3) is 69.9. The van der Waals surface area contributed by atoms with E-state index in [9.17, 15) is 19.0 Å². The largest absolute Gasteiger partial charge is 0.472 e. The Morgan fingerprint density at radius 1 is 0.365 bits per heavy atom. The maximum Gasteiger partial charge on any atom is 0.472 e. The number of esters is 2. The van der Waals surface area contributed by atoms with Crippen LogP contribution in [0.25, 0.3) is 0 Å². The predicted octanol–water partition coefficient (Wildman–Crippen LogP) is 23.5. The minimum absolute atomic E-state index is 0.0440. The molecule has 0 amide bonds. The second-order valence-electron chi connectivity index (χ2n) is 23.7. The van der Waals surface area contributed by atoms with Crippen molar-refractivity contribution in [3.63, 3.8) is 0 Å². The molecule has 0 bridgehead atoms. The Balaban J connectivity index is 3.84. The Morgan fingerprint density at radius 3 is 0.988 bits per heavy atom. The summed E-state index contributed by atoms with van der Waals surface area (Å²) >= 11 is 0. The second-order valence-corrected chi connectivity index (χ2v) is 25.2. The number of nitrogens with two attached hydrogens (primary N) is 1. The molecule has 0 aliphatic carbocycles. The summed E-state index contributed by atoms with van der Waals surface area (Å²) in [5.41, 5.74) is 5.40. The Hall–Kier alpha value is -3.07. The number of rotatable bonds is 67. The van der Waals surface area contributed by atoms with Gasteiger partial charge in [-0.1, -0.05) is 323 Å². The average Bonchev–Trinajstić information content (AvgIpc) is 3.52. The number of ether oxygens (including phenoxy) is 2. The van der Waals surface area contributed by atoms with Crippen LogP contribution >= 0.6 is 7.82 Å². The highest BCUT2D eigenvalue weighted by Crippen LogP contribution is 2.43. The third-order valence-electron chi connectivity index (χ3n) is 15.5. The van der Waals surface area contributed by atoms with Crippen LogP contribution in [0.15, 0.2) is 97.2 Å². The van der Waals surface area contributed by atoms with Crippen molar-refractivity contribution < 1.29 is 37.6 Å². The first kappa shape index (κ1) is 81.9. The van der Waals surface area contributed by atoms with E-state index >= 15 is 0 Å². The summed E-state index contributed by atoms with van der Waals surface area (Å²) in [7, 11) is -4.41. The Labute approximate surface area is 525 Å². The van der Waals surface area contributed by atoms with Crippen LogP contribution in [0, 0.1) is 0 Å². The molecule has 9 nitrogen and oxygen atoms in total. The predicted molar refractivity (Wildman–Crippen MR) is 367 cm³/mol. The van der Waals surface area contributed by atoms with E-state index < -0.39 is 26.5 Å².